The number of nitrogen functional groups attached to an aromatic ring is 2. The van der Waals surface area contributed by atoms with Crippen molar-refractivity contribution in [2.24, 2.45) is 0 Å². The Morgan fingerprint density at radius 1 is 0.810 bits per heavy atom. The number of aryl methyl sites for hydroxylation is 4. The van der Waals surface area contributed by atoms with Crippen LogP contribution in [0, 0.1) is 34.3 Å². The van der Waals surface area contributed by atoms with E-state index in [9.17, 15) is 0 Å². The van der Waals surface area contributed by atoms with E-state index in [1.165, 1.54) is 5.56 Å². The minimum absolute atomic E-state index is 0.691. The normalized spacial score (nSPS) is 9.52. The molecule has 0 aliphatic heterocycles. The molecule has 3 nitrogen and oxygen atoms in total. The Hall–Kier alpha value is -1.99. The van der Waals surface area contributed by atoms with Gasteiger partial charge in [-0.05, 0) is 68.1 Å². The summed E-state index contributed by atoms with van der Waals surface area (Å²) in [5, 5.41) is 0. The first-order valence-corrected chi connectivity index (χ1v) is 7.32. The molecule has 110 valence electrons. The highest BCUT2D eigenvalue weighted by atomic mass is 79.9. The van der Waals surface area contributed by atoms with Gasteiger partial charge in [0.2, 0.25) is 0 Å². The second kappa shape index (κ2) is 7.14. The third-order valence-corrected chi connectivity index (χ3v) is 4.11. The smallest absolute Gasteiger partial charge is 0.190 e. The molecule has 4 N–H and O–H groups in total. The molecule has 0 fully saturated rings. The molecule has 0 aliphatic carbocycles. The molecule has 2 rings (SSSR count). The number of hydrogen-bond donors (Lipinski definition) is 2. The largest absolute Gasteiger partial charge is 0.399 e. The van der Waals surface area contributed by atoms with Gasteiger partial charge in [-0.15, -0.1) is 0 Å². The maximum absolute atomic E-state index is 6.84. The number of halogens is 1. The van der Waals surface area contributed by atoms with Gasteiger partial charge in [-0.3, -0.25) is 0 Å². The zero-order valence-electron chi connectivity index (χ0n) is 12.8. The van der Waals surface area contributed by atoms with Crippen LogP contribution in [0.2, 0.25) is 0 Å². The van der Waals surface area contributed by atoms with Crippen LogP contribution in [0.4, 0.5) is 17.1 Å². The first-order valence-electron chi connectivity index (χ1n) is 6.52. The molecule has 0 saturated heterocycles. The summed E-state index contributed by atoms with van der Waals surface area (Å²) in [6, 6.07) is 7.66. The molecule has 2 aromatic carbocycles. The lowest BCUT2D eigenvalue weighted by Gasteiger charge is -2.02. The highest BCUT2D eigenvalue weighted by Gasteiger charge is 2.00. The zero-order chi connectivity index (χ0) is 16.2. The molecule has 0 heterocycles. The minimum atomic E-state index is 0.691. The van der Waals surface area contributed by atoms with Crippen LogP contribution in [0.25, 0.3) is 4.85 Å². The van der Waals surface area contributed by atoms with E-state index in [2.05, 4.69) is 20.8 Å². The third-order valence-electron chi connectivity index (χ3n) is 3.25. The summed E-state index contributed by atoms with van der Waals surface area (Å²) in [7, 11) is 0. The monoisotopic (exact) mass is 345 g/mol. The first-order chi connectivity index (χ1) is 9.76. The lowest BCUT2D eigenvalue weighted by atomic mass is 10.1. The van der Waals surface area contributed by atoms with Gasteiger partial charge in [-0.1, -0.05) is 22.0 Å². The van der Waals surface area contributed by atoms with Crippen molar-refractivity contribution in [2.75, 3.05) is 11.5 Å². The lowest BCUT2D eigenvalue weighted by molar-refractivity contribution is 1.37. The molecule has 0 amide bonds. The van der Waals surface area contributed by atoms with Crippen LogP contribution in [0.5, 0.6) is 0 Å². The van der Waals surface area contributed by atoms with Crippen LogP contribution in [0.1, 0.15) is 22.3 Å². The molecule has 4 heteroatoms. The van der Waals surface area contributed by atoms with Gasteiger partial charge in [0.25, 0.3) is 0 Å². The second-order valence-electron chi connectivity index (χ2n) is 5.07. The number of rotatable bonds is 0. The SMILES string of the molecule is Cc1cc(Br)c(C)cc1N.[C-]#[N+]c1cc(C)c(N)cc1C. The van der Waals surface area contributed by atoms with Gasteiger partial charge < -0.3 is 11.5 Å². The maximum Gasteiger partial charge on any atom is 0.190 e. The molecule has 0 spiro atoms. The highest BCUT2D eigenvalue weighted by Crippen LogP contribution is 2.24. The molecule has 0 unspecified atom stereocenters. The maximum atomic E-state index is 6.84. The van der Waals surface area contributed by atoms with E-state index in [1.807, 2.05) is 52.0 Å². The van der Waals surface area contributed by atoms with Gasteiger partial charge >= 0.3 is 0 Å². The van der Waals surface area contributed by atoms with Crippen molar-refractivity contribution in [3.63, 3.8) is 0 Å². The van der Waals surface area contributed by atoms with E-state index in [0.29, 0.717) is 5.69 Å². The van der Waals surface area contributed by atoms with Crippen LogP contribution in [-0.4, -0.2) is 0 Å². The fourth-order valence-corrected chi connectivity index (χ4v) is 2.20. The van der Waals surface area contributed by atoms with Gasteiger partial charge in [0.1, 0.15) is 0 Å². The highest BCUT2D eigenvalue weighted by molar-refractivity contribution is 9.10. The lowest BCUT2D eigenvalue weighted by Crippen LogP contribution is -1.90. The van der Waals surface area contributed by atoms with Crippen LogP contribution >= 0.6 is 15.9 Å². The Kier molecular flexibility index (Phi) is 5.80. The molecule has 21 heavy (non-hydrogen) atoms. The summed E-state index contributed by atoms with van der Waals surface area (Å²) in [6.07, 6.45) is 0. The average molecular weight is 346 g/mol. The number of anilines is 2. The summed E-state index contributed by atoms with van der Waals surface area (Å²) in [4.78, 5) is 3.37. The quantitative estimate of drug-likeness (QED) is 0.516. The summed E-state index contributed by atoms with van der Waals surface area (Å²) in [6.45, 7) is 14.7. The third kappa shape index (κ3) is 4.51. The molecule has 0 radical (unpaired) electrons. The van der Waals surface area contributed by atoms with Gasteiger partial charge in [0, 0.05) is 15.8 Å². The van der Waals surface area contributed by atoms with Crippen molar-refractivity contribution in [2.45, 2.75) is 27.7 Å². The Morgan fingerprint density at radius 3 is 1.76 bits per heavy atom. The Morgan fingerprint density at radius 2 is 1.29 bits per heavy atom. The predicted molar refractivity (Wildman–Crippen MR) is 94.6 cm³/mol. The fraction of sp³-hybridized carbons (Fsp3) is 0.235. The van der Waals surface area contributed by atoms with Gasteiger partial charge in [0.05, 0.1) is 6.57 Å². The number of nitrogens with zero attached hydrogens (tertiary/aromatic N) is 1. The molecule has 0 aliphatic rings. The van der Waals surface area contributed by atoms with Crippen molar-refractivity contribution in [1.29, 1.82) is 0 Å². The number of nitrogens with two attached hydrogens (primary N) is 2. The first kappa shape index (κ1) is 17.1. The van der Waals surface area contributed by atoms with Crippen molar-refractivity contribution < 1.29 is 0 Å². The second-order valence-corrected chi connectivity index (χ2v) is 5.92. The average Bonchev–Trinajstić information content (AvgIpc) is 2.41. The summed E-state index contributed by atoms with van der Waals surface area (Å²) < 4.78 is 1.12. The van der Waals surface area contributed by atoms with Crippen LogP contribution in [0.15, 0.2) is 28.7 Å². The number of hydrogen-bond acceptors (Lipinski definition) is 2. The minimum Gasteiger partial charge on any atom is -0.399 e. The molecule has 0 aromatic heterocycles. The van der Waals surface area contributed by atoms with Crippen LogP contribution in [-0.2, 0) is 0 Å². The summed E-state index contributed by atoms with van der Waals surface area (Å²) in [5.74, 6) is 0. The zero-order valence-corrected chi connectivity index (χ0v) is 14.4. The van der Waals surface area contributed by atoms with E-state index < -0.39 is 0 Å². The molecule has 0 saturated carbocycles. The van der Waals surface area contributed by atoms with E-state index >= 15 is 0 Å². The Balaban J connectivity index is 0.000000211. The van der Waals surface area contributed by atoms with Crippen molar-refractivity contribution >= 4 is 33.0 Å². The van der Waals surface area contributed by atoms with E-state index in [0.717, 1.165) is 32.5 Å². The van der Waals surface area contributed by atoms with Crippen molar-refractivity contribution in [3.05, 3.63) is 62.4 Å². The van der Waals surface area contributed by atoms with Gasteiger partial charge in [-0.2, -0.15) is 0 Å². The Labute approximate surface area is 134 Å². The van der Waals surface area contributed by atoms with Crippen molar-refractivity contribution in [3.8, 4) is 0 Å². The fourth-order valence-electron chi connectivity index (χ4n) is 1.75. The van der Waals surface area contributed by atoms with Gasteiger partial charge in [-0.25, -0.2) is 4.85 Å². The summed E-state index contributed by atoms with van der Waals surface area (Å²) >= 11 is 3.42. The van der Waals surface area contributed by atoms with E-state index in [1.54, 1.807) is 0 Å². The molecule has 2 aromatic rings. The van der Waals surface area contributed by atoms with E-state index in [-0.39, 0.29) is 0 Å². The molecule has 0 atom stereocenters. The van der Waals surface area contributed by atoms with E-state index in [4.69, 9.17) is 18.0 Å². The predicted octanol–water partition coefficient (Wildman–Crippen LogP) is 5.08. The molecular weight excluding hydrogens is 326 g/mol. The Bertz CT molecular complexity index is 650. The standard InChI is InChI=1S/C9H10N2.C8H10BrN/c1-6-5-9(11-3)7(2)4-8(6)10;1-5-4-8(10)6(2)3-7(5)9/h4-5H,10H2,1-2H3;3-4H,10H2,1-2H3. The van der Waals surface area contributed by atoms with Crippen molar-refractivity contribution in [1.82, 2.24) is 0 Å². The molecule has 0 bridgehead atoms. The molecular formula is C17H20BrN3. The van der Waals surface area contributed by atoms with Crippen LogP contribution < -0.4 is 11.5 Å². The topological polar surface area (TPSA) is 56.4 Å². The summed E-state index contributed by atoms with van der Waals surface area (Å²) in [5.41, 5.74) is 17.8. The van der Waals surface area contributed by atoms with Gasteiger partial charge in [0.15, 0.2) is 5.69 Å². The van der Waals surface area contributed by atoms with Crippen LogP contribution in [0.3, 0.4) is 0 Å². The number of benzene rings is 2.